The molecule has 1 amide bonds. The Hall–Kier alpha value is -0.660. The minimum Gasteiger partial charge on any atom is -0.464 e. The Labute approximate surface area is 100 Å². The van der Waals surface area contributed by atoms with Crippen LogP contribution < -0.4 is 5.84 Å². The first kappa shape index (κ1) is 12.4. The maximum atomic E-state index is 10.8. The Kier molecular flexibility index (Phi) is 4.06. The number of halogens is 1. The number of nitrogens with zero attached hydrogens (tertiary/aromatic N) is 2. The lowest BCUT2D eigenvalue weighted by Crippen LogP contribution is -2.41. The van der Waals surface area contributed by atoms with E-state index < -0.39 is 12.1 Å². The summed E-state index contributed by atoms with van der Waals surface area (Å²) in [5.41, 5.74) is 0. The second-order valence-electron chi connectivity index (χ2n) is 3.17. The smallest absolute Gasteiger partial charge is 0.422 e. The summed E-state index contributed by atoms with van der Waals surface area (Å²) in [6, 6.07) is -0.487. The van der Waals surface area contributed by atoms with Crippen LogP contribution >= 0.6 is 27.3 Å². The zero-order chi connectivity index (χ0) is 11.6. The van der Waals surface area contributed by atoms with E-state index in [0.717, 1.165) is 14.7 Å². The van der Waals surface area contributed by atoms with E-state index in [1.54, 1.807) is 6.20 Å². The summed E-state index contributed by atoms with van der Waals surface area (Å²) < 4.78 is 0.850. The zero-order valence-corrected chi connectivity index (χ0v) is 10.7. The average Bonchev–Trinajstić information content (AvgIpc) is 2.51. The number of thiazole rings is 1. The van der Waals surface area contributed by atoms with Gasteiger partial charge in [-0.2, -0.15) is 0 Å². The molecule has 0 bridgehead atoms. The standard InChI is InChI=1S/C8H11BrN3O2S/c1-4(2)6(12(10)8(13)14)7-11-3-5(9)15-7/h3,6H,10H2,1-2H3,(H,13,14). The fourth-order valence-corrected chi connectivity index (χ4v) is 2.62. The molecule has 0 spiro atoms. The van der Waals surface area contributed by atoms with Gasteiger partial charge in [-0.3, -0.25) is 0 Å². The molecule has 0 fully saturated rings. The number of hydrogen-bond donors (Lipinski definition) is 2. The molecule has 1 aromatic rings. The third kappa shape index (κ3) is 2.90. The van der Waals surface area contributed by atoms with Gasteiger partial charge in [0.2, 0.25) is 0 Å². The molecule has 1 radical (unpaired) electrons. The number of carboxylic acid groups (broad SMARTS) is 1. The average molecular weight is 293 g/mol. The summed E-state index contributed by atoms with van der Waals surface area (Å²) in [5, 5.41) is 10.2. The number of amides is 1. The molecule has 3 N–H and O–H groups in total. The lowest BCUT2D eigenvalue weighted by Gasteiger charge is -2.25. The highest BCUT2D eigenvalue weighted by Gasteiger charge is 2.28. The van der Waals surface area contributed by atoms with Crippen molar-refractivity contribution in [2.75, 3.05) is 0 Å². The monoisotopic (exact) mass is 292 g/mol. The van der Waals surface area contributed by atoms with E-state index in [2.05, 4.69) is 20.9 Å². The molecular formula is C8H11BrN3O2S. The second kappa shape index (κ2) is 4.91. The fourth-order valence-electron chi connectivity index (χ4n) is 1.15. The van der Waals surface area contributed by atoms with Gasteiger partial charge >= 0.3 is 6.09 Å². The van der Waals surface area contributed by atoms with Crippen LogP contribution in [0.25, 0.3) is 0 Å². The Bertz CT molecular complexity index is 355. The summed E-state index contributed by atoms with van der Waals surface area (Å²) in [6.07, 6.45) is 0.457. The highest BCUT2D eigenvalue weighted by Crippen LogP contribution is 2.32. The van der Waals surface area contributed by atoms with Crippen LogP contribution in [0, 0.1) is 5.92 Å². The van der Waals surface area contributed by atoms with Crippen molar-refractivity contribution in [3.05, 3.63) is 20.9 Å². The zero-order valence-electron chi connectivity index (χ0n) is 8.27. The van der Waals surface area contributed by atoms with Crippen molar-refractivity contribution in [2.45, 2.75) is 19.9 Å². The first-order valence-electron chi connectivity index (χ1n) is 4.11. The van der Waals surface area contributed by atoms with Crippen LogP contribution in [0.3, 0.4) is 0 Å². The van der Waals surface area contributed by atoms with Crippen LogP contribution in [0.15, 0.2) is 9.98 Å². The molecule has 1 atom stereocenters. The van der Waals surface area contributed by atoms with Gasteiger partial charge in [0.25, 0.3) is 0 Å². The summed E-state index contributed by atoms with van der Waals surface area (Å²) in [5.74, 6) is 6.34. The molecule has 15 heavy (non-hydrogen) atoms. The van der Waals surface area contributed by atoms with Crippen molar-refractivity contribution >= 4 is 33.4 Å². The minimum absolute atomic E-state index is 0.487. The van der Waals surface area contributed by atoms with Crippen LogP contribution in [0.5, 0.6) is 0 Å². The molecule has 83 valence electrons. The van der Waals surface area contributed by atoms with E-state index in [0.29, 0.717) is 5.01 Å². The molecule has 7 heteroatoms. The summed E-state index contributed by atoms with van der Waals surface area (Å²) in [6.45, 7) is 3.64. The molecule has 0 saturated carbocycles. The fraction of sp³-hybridized carbons (Fsp3) is 0.375. The predicted molar refractivity (Wildman–Crippen MR) is 61.2 cm³/mol. The first-order valence-corrected chi connectivity index (χ1v) is 5.72. The topological polar surface area (TPSA) is 79.5 Å². The van der Waals surface area contributed by atoms with Crippen LogP contribution in [-0.2, 0) is 0 Å². The Morgan fingerprint density at radius 3 is 2.67 bits per heavy atom. The highest BCUT2D eigenvalue weighted by molar-refractivity contribution is 9.11. The summed E-state index contributed by atoms with van der Waals surface area (Å²) in [7, 11) is 0. The van der Waals surface area contributed by atoms with Crippen molar-refractivity contribution in [3.8, 4) is 0 Å². The van der Waals surface area contributed by atoms with Crippen LogP contribution in [-0.4, -0.2) is 21.2 Å². The van der Waals surface area contributed by atoms with Crippen LogP contribution in [0.1, 0.15) is 24.9 Å². The van der Waals surface area contributed by atoms with Crippen molar-refractivity contribution in [1.29, 1.82) is 0 Å². The Morgan fingerprint density at radius 1 is 1.73 bits per heavy atom. The van der Waals surface area contributed by atoms with E-state index in [-0.39, 0.29) is 0 Å². The van der Waals surface area contributed by atoms with Crippen molar-refractivity contribution in [1.82, 2.24) is 9.99 Å². The number of hydrogen-bond acceptors (Lipinski definition) is 4. The van der Waals surface area contributed by atoms with Gasteiger partial charge in [0.1, 0.15) is 11.0 Å². The maximum Gasteiger partial charge on any atom is 0.422 e. The van der Waals surface area contributed by atoms with Crippen molar-refractivity contribution in [2.24, 2.45) is 5.84 Å². The van der Waals surface area contributed by atoms with E-state index in [1.807, 2.05) is 13.8 Å². The summed E-state index contributed by atoms with van der Waals surface area (Å²) in [4.78, 5) is 14.9. The Balaban J connectivity index is 2.98. The molecular weight excluding hydrogens is 282 g/mol. The van der Waals surface area contributed by atoms with Crippen LogP contribution in [0.4, 0.5) is 4.79 Å². The van der Waals surface area contributed by atoms with Gasteiger partial charge in [0.05, 0.1) is 9.98 Å². The number of carbonyl (C=O) groups is 1. The van der Waals surface area contributed by atoms with Crippen molar-refractivity contribution < 1.29 is 9.90 Å². The lowest BCUT2D eigenvalue weighted by atomic mass is 10.1. The van der Waals surface area contributed by atoms with E-state index in [1.165, 1.54) is 11.3 Å². The van der Waals surface area contributed by atoms with Gasteiger partial charge in [-0.25, -0.2) is 20.6 Å². The SMILES string of the molecule is C[C](C)C(c1ncc(Br)s1)N(N)C(=O)O. The number of hydrazine groups is 1. The van der Waals surface area contributed by atoms with Gasteiger partial charge in [0.15, 0.2) is 0 Å². The number of nitrogens with two attached hydrogens (primary N) is 1. The molecule has 1 heterocycles. The molecule has 5 nitrogen and oxygen atoms in total. The lowest BCUT2D eigenvalue weighted by molar-refractivity contribution is 0.127. The second-order valence-corrected chi connectivity index (χ2v) is 5.61. The number of aromatic nitrogens is 1. The third-order valence-corrected chi connectivity index (χ3v) is 3.30. The molecule has 1 unspecified atom stereocenters. The van der Waals surface area contributed by atoms with Gasteiger partial charge in [-0.05, 0) is 15.9 Å². The van der Waals surface area contributed by atoms with Crippen molar-refractivity contribution in [3.63, 3.8) is 0 Å². The molecule has 0 aliphatic carbocycles. The van der Waals surface area contributed by atoms with E-state index >= 15 is 0 Å². The third-order valence-electron chi connectivity index (χ3n) is 1.78. The quantitative estimate of drug-likeness (QED) is 0.509. The molecule has 0 aliphatic rings. The molecule has 0 aliphatic heterocycles. The normalized spacial score (nSPS) is 12.9. The van der Waals surface area contributed by atoms with E-state index in [4.69, 9.17) is 10.9 Å². The van der Waals surface area contributed by atoms with Crippen LogP contribution in [0.2, 0.25) is 0 Å². The van der Waals surface area contributed by atoms with Gasteiger partial charge in [-0.15, -0.1) is 11.3 Å². The molecule has 1 aromatic heterocycles. The van der Waals surface area contributed by atoms with Gasteiger partial charge in [-0.1, -0.05) is 13.8 Å². The first-order chi connectivity index (χ1) is 6.93. The summed E-state index contributed by atoms with van der Waals surface area (Å²) >= 11 is 4.65. The number of rotatable bonds is 3. The molecule has 1 rings (SSSR count). The maximum absolute atomic E-state index is 10.8. The largest absolute Gasteiger partial charge is 0.464 e. The van der Waals surface area contributed by atoms with Gasteiger partial charge in [0, 0.05) is 5.92 Å². The molecule has 0 aromatic carbocycles. The highest BCUT2D eigenvalue weighted by atomic mass is 79.9. The van der Waals surface area contributed by atoms with Gasteiger partial charge < -0.3 is 5.11 Å². The van der Waals surface area contributed by atoms with E-state index in [9.17, 15) is 4.79 Å². The minimum atomic E-state index is -1.17. The molecule has 0 saturated heterocycles. The Morgan fingerprint density at radius 2 is 2.33 bits per heavy atom. The predicted octanol–water partition coefficient (Wildman–Crippen LogP) is 2.41.